The van der Waals surface area contributed by atoms with Crippen molar-refractivity contribution in [2.75, 3.05) is 13.1 Å². The number of piperidine rings is 1. The lowest BCUT2D eigenvalue weighted by Gasteiger charge is -2.36. The summed E-state index contributed by atoms with van der Waals surface area (Å²) < 4.78 is 1.80. The Balaban J connectivity index is 1.97. The first-order valence-electron chi connectivity index (χ1n) is 7.14. The molecule has 1 aromatic heterocycles. The van der Waals surface area contributed by atoms with Crippen LogP contribution in [0.15, 0.2) is 12.3 Å². The van der Waals surface area contributed by atoms with E-state index in [4.69, 9.17) is 0 Å². The van der Waals surface area contributed by atoms with Crippen LogP contribution in [0.25, 0.3) is 0 Å². The van der Waals surface area contributed by atoms with E-state index in [2.05, 4.69) is 22.7 Å². The van der Waals surface area contributed by atoms with E-state index in [0.29, 0.717) is 6.54 Å². The first kappa shape index (κ1) is 14.1. The molecular formula is C14H24N4O. The van der Waals surface area contributed by atoms with Crippen molar-refractivity contribution in [2.45, 2.75) is 39.2 Å². The molecule has 1 aromatic rings. The average molecular weight is 264 g/mol. The summed E-state index contributed by atoms with van der Waals surface area (Å²) in [6.45, 7) is 4.60. The Morgan fingerprint density at radius 2 is 2.26 bits per heavy atom. The molecule has 5 nitrogen and oxygen atoms in total. The van der Waals surface area contributed by atoms with Crippen molar-refractivity contribution in [3.8, 4) is 0 Å². The molecule has 0 atom stereocenters. The van der Waals surface area contributed by atoms with Crippen LogP contribution in [0.1, 0.15) is 38.3 Å². The maximum atomic E-state index is 12.5. The summed E-state index contributed by atoms with van der Waals surface area (Å²) in [7, 11) is 1.90. The normalized spacial score (nSPS) is 18.2. The van der Waals surface area contributed by atoms with Crippen molar-refractivity contribution in [3.63, 3.8) is 0 Å². The first-order chi connectivity index (χ1) is 9.18. The summed E-state index contributed by atoms with van der Waals surface area (Å²) in [6.07, 6.45) is 5.68. The van der Waals surface area contributed by atoms with Gasteiger partial charge in [-0.15, -0.1) is 0 Å². The minimum atomic E-state index is -0.168. The number of rotatable bonds is 5. The summed E-state index contributed by atoms with van der Waals surface area (Å²) in [6, 6.07) is 1.94. The van der Waals surface area contributed by atoms with Gasteiger partial charge in [-0.1, -0.05) is 13.3 Å². The van der Waals surface area contributed by atoms with Gasteiger partial charge in [0.15, 0.2) is 0 Å². The first-order valence-corrected chi connectivity index (χ1v) is 7.14. The molecule has 2 heterocycles. The van der Waals surface area contributed by atoms with Crippen LogP contribution in [0.5, 0.6) is 0 Å². The predicted octanol–water partition coefficient (Wildman–Crippen LogP) is 1.21. The number of carbonyl (C=O) groups is 1. The van der Waals surface area contributed by atoms with Gasteiger partial charge < -0.3 is 10.6 Å². The molecule has 1 fully saturated rings. The summed E-state index contributed by atoms with van der Waals surface area (Å²) in [5, 5.41) is 10.5. The third kappa shape index (κ3) is 3.15. The highest BCUT2D eigenvalue weighted by atomic mass is 16.2. The maximum Gasteiger partial charge on any atom is 0.226 e. The van der Waals surface area contributed by atoms with Gasteiger partial charge in [0.1, 0.15) is 0 Å². The largest absolute Gasteiger partial charge is 0.350 e. The minimum Gasteiger partial charge on any atom is -0.350 e. The van der Waals surface area contributed by atoms with Crippen molar-refractivity contribution < 1.29 is 4.79 Å². The lowest BCUT2D eigenvalue weighted by atomic mass is 9.74. The Kier molecular flexibility index (Phi) is 4.58. The van der Waals surface area contributed by atoms with Crippen molar-refractivity contribution in [2.24, 2.45) is 12.5 Å². The topological polar surface area (TPSA) is 59.0 Å². The molecule has 5 heteroatoms. The van der Waals surface area contributed by atoms with Crippen molar-refractivity contribution in [1.82, 2.24) is 20.4 Å². The molecule has 0 aromatic carbocycles. The highest BCUT2D eigenvalue weighted by Crippen LogP contribution is 2.34. The zero-order chi connectivity index (χ0) is 13.7. The number of hydrogen-bond donors (Lipinski definition) is 2. The molecular weight excluding hydrogens is 240 g/mol. The van der Waals surface area contributed by atoms with Gasteiger partial charge in [-0.05, 0) is 38.4 Å². The van der Waals surface area contributed by atoms with E-state index in [9.17, 15) is 4.79 Å². The molecule has 2 rings (SSSR count). The zero-order valence-corrected chi connectivity index (χ0v) is 11.9. The van der Waals surface area contributed by atoms with Crippen LogP contribution in [0.2, 0.25) is 0 Å². The average Bonchev–Trinajstić information content (AvgIpc) is 2.83. The van der Waals surface area contributed by atoms with Crippen LogP contribution in [-0.2, 0) is 18.4 Å². The second-order valence-corrected chi connectivity index (χ2v) is 5.41. The van der Waals surface area contributed by atoms with Gasteiger partial charge >= 0.3 is 0 Å². The van der Waals surface area contributed by atoms with E-state index in [1.165, 1.54) is 0 Å². The van der Waals surface area contributed by atoms with Crippen LogP contribution in [-0.4, -0.2) is 28.8 Å². The van der Waals surface area contributed by atoms with Crippen molar-refractivity contribution >= 4 is 5.91 Å². The van der Waals surface area contributed by atoms with Crippen LogP contribution in [0, 0.1) is 5.41 Å². The number of nitrogens with zero attached hydrogens (tertiary/aromatic N) is 2. The maximum absolute atomic E-state index is 12.5. The van der Waals surface area contributed by atoms with Crippen LogP contribution >= 0.6 is 0 Å². The van der Waals surface area contributed by atoms with Gasteiger partial charge in [-0.3, -0.25) is 9.48 Å². The van der Waals surface area contributed by atoms with Crippen molar-refractivity contribution in [1.29, 1.82) is 0 Å². The van der Waals surface area contributed by atoms with E-state index >= 15 is 0 Å². The minimum absolute atomic E-state index is 0.168. The van der Waals surface area contributed by atoms with Crippen LogP contribution in [0.3, 0.4) is 0 Å². The Labute approximate surface area is 114 Å². The molecule has 0 bridgehead atoms. The summed E-state index contributed by atoms with van der Waals surface area (Å²) >= 11 is 0. The Hall–Kier alpha value is -1.36. The SMILES string of the molecule is CCCC1(C(=O)NCc2ccnn2C)CCNCC1. The predicted molar refractivity (Wildman–Crippen MR) is 74.5 cm³/mol. The van der Waals surface area contributed by atoms with E-state index in [0.717, 1.165) is 44.5 Å². The van der Waals surface area contributed by atoms with Crippen molar-refractivity contribution in [3.05, 3.63) is 18.0 Å². The number of hydrogen-bond acceptors (Lipinski definition) is 3. The molecule has 106 valence electrons. The van der Waals surface area contributed by atoms with Gasteiger partial charge in [-0.25, -0.2) is 0 Å². The lowest BCUT2D eigenvalue weighted by molar-refractivity contribution is -0.133. The van der Waals surface area contributed by atoms with E-state index in [1.807, 2.05) is 13.1 Å². The summed E-state index contributed by atoms with van der Waals surface area (Å²) in [5.41, 5.74) is 0.868. The van der Waals surface area contributed by atoms with Gasteiger partial charge in [0.25, 0.3) is 0 Å². The fraction of sp³-hybridized carbons (Fsp3) is 0.714. The molecule has 1 saturated heterocycles. The number of nitrogens with one attached hydrogen (secondary N) is 2. The second-order valence-electron chi connectivity index (χ2n) is 5.41. The Morgan fingerprint density at radius 3 is 2.84 bits per heavy atom. The molecule has 19 heavy (non-hydrogen) atoms. The number of carbonyl (C=O) groups excluding carboxylic acids is 1. The Bertz CT molecular complexity index is 415. The molecule has 0 spiro atoms. The summed E-state index contributed by atoms with van der Waals surface area (Å²) in [4.78, 5) is 12.5. The third-order valence-corrected chi connectivity index (χ3v) is 4.12. The van der Waals surface area contributed by atoms with Crippen LogP contribution < -0.4 is 10.6 Å². The highest BCUT2D eigenvalue weighted by molar-refractivity contribution is 5.82. The molecule has 0 aliphatic carbocycles. The molecule has 1 amide bonds. The quantitative estimate of drug-likeness (QED) is 0.840. The third-order valence-electron chi connectivity index (χ3n) is 4.12. The fourth-order valence-electron chi connectivity index (χ4n) is 2.91. The van der Waals surface area contributed by atoms with E-state index in [-0.39, 0.29) is 11.3 Å². The summed E-state index contributed by atoms with van der Waals surface area (Å²) in [5.74, 6) is 0.206. The van der Waals surface area contributed by atoms with E-state index in [1.54, 1.807) is 10.9 Å². The molecule has 0 unspecified atom stereocenters. The number of amides is 1. The number of aryl methyl sites for hydroxylation is 1. The monoisotopic (exact) mass is 264 g/mol. The number of aromatic nitrogens is 2. The fourth-order valence-corrected chi connectivity index (χ4v) is 2.91. The highest BCUT2D eigenvalue weighted by Gasteiger charge is 2.38. The van der Waals surface area contributed by atoms with E-state index < -0.39 is 0 Å². The van der Waals surface area contributed by atoms with Gasteiger partial charge in [0.05, 0.1) is 17.7 Å². The van der Waals surface area contributed by atoms with Crippen LogP contribution in [0.4, 0.5) is 0 Å². The smallest absolute Gasteiger partial charge is 0.226 e. The van der Waals surface area contributed by atoms with Gasteiger partial charge in [-0.2, -0.15) is 5.10 Å². The van der Waals surface area contributed by atoms with Gasteiger partial charge in [0.2, 0.25) is 5.91 Å². The Morgan fingerprint density at radius 1 is 1.53 bits per heavy atom. The molecule has 2 N–H and O–H groups in total. The molecule has 0 saturated carbocycles. The lowest BCUT2D eigenvalue weighted by Crippen LogP contribution is -2.47. The molecule has 1 aliphatic heterocycles. The molecule has 1 aliphatic rings. The second kappa shape index (κ2) is 6.19. The molecule has 0 radical (unpaired) electrons. The van der Waals surface area contributed by atoms with Gasteiger partial charge in [0, 0.05) is 13.2 Å². The standard InChI is InChI=1S/C14H24N4O/c1-3-5-14(6-9-15-10-7-14)13(19)16-11-12-4-8-17-18(12)2/h4,8,15H,3,5-7,9-11H2,1-2H3,(H,16,19). The zero-order valence-electron chi connectivity index (χ0n) is 11.9.